The summed E-state index contributed by atoms with van der Waals surface area (Å²) in [6, 6.07) is 5.91. The summed E-state index contributed by atoms with van der Waals surface area (Å²) in [6.45, 7) is 0. The van der Waals surface area contributed by atoms with Crippen LogP contribution in [-0.2, 0) is 0 Å². The van der Waals surface area contributed by atoms with Gasteiger partial charge in [-0.05, 0) is 30.3 Å². The molecule has 1 aromatic heterocycles. The van der Waals surface area contributed by atoms with E-state index in [1.165, 1.54) is 18.5 Å². The van der Waals surface area contributed by atoms with Gasteiger partial charge in [0.25, 0.3) is 0 Å². The highest BCUT2D eigenvalue weighted by molar-refractivity contribution is 6.13. The number of hydrogen-bond donors (Lipinski definition) is 0. The summed E-state index contributed by atoms with van der Waals surface area (Å²) in [4.78, 5) is 27.3. The molecule has 0 saturated carbocycles. The largest absolute Gasteiger partial charge is 0.294 e. The number of halogens is 2. The van der Waals surface area contributed by atoms with E-state index in [1.807, 2.05) is 0 Å². The molecule has 2 aromatic rings. The van der Waals surface area contributed by atoms with E-state index in [4.69, 9.17) is 0 Å². The van der Waals surface area contributed by atoms with Crippen molar-refractivity contribution in [1.82, 2.24) is 4.98 Å². The maximum atomic E-state index is 13.0. The monoisotopic (exact) mass is 261 g/mol. The van der Waals surface area contributed by atoms with Gasteiger partial charge in [0.15, 0.2) is 23.2 Å². The van der Waals surface area contributed by atoms with Crippen molar-refractivity contribution in [3.63, 3.8) is 0 Å². The number of benzene rings is 1. The van der Waals surface area contributed by atoms with Crippen LogP contribution in [0.2, 0.25) is 0 Å². The Hall–Kier alpha value is -2.43. The number of aromatic nitrogens is 1. The van der Waals surface area contributed by atoms with Crippen LogP contribution in [-0.4, -0.2) is 16.6 Å². The highest BCUT2D eigenvalue weighted by Crippen LogP contribution is 2.12. The van der Waals surface area contributed by atoms with Crippen molar-refractivity contribution in [2.75, 3.05) is 0 Å². The first kappa shape index (κ1) is 13.0. The number of pyridine rings is 1. The van der Waals surface area contributed by atoms with Crippen LogP contribution in [0, 0.1) is 11.6 Å². The lowest BCUT2D eigenvalue weighted by molar-refractivity contribution is 0.0894. The molecule has 0 aliphatic heterocycles. The highest BCUT2D eigenvalue weighted by atomic mass is 19.2. The van der Waals surface area contributed by atoms with E-state index in [1.54, 1.807) is 6.07 Å². The Bertz CT molecular complexity index is 627. The first-order valence-electron chi connectivity index (χ1n) is 5.49. The zero-order valence-electron chi connectivity index (χ0n) is 9.77. The van der Waals surface area contributed by atoms with Gasteiger partial charge < -0.3 is 0 Å². The number of carbonyl (C=O) groups excluding carboxylic acids is 2. The Morgan fingerprint density at radius 2 is 1.74 bits per heavy atom. The van der Waals surface area contributed by atoms with Crippen LogP contribution in [0.1, 0.15) is 27.1 Å². The second-order valence-corrected chi connectivity index (χ2v) is 3.89. The smallest absolute Gasteiger partial charge is 0.172 e. The van der Waals surface area contributed by atoms with Gasteiger partial charge in [0.2, 0.25) is 0 Å². The lowest BCUT2D eigenvalue weighted by Crippen LogP contribution is -2.09. The van der Waals surface area contributed by atoms with Crippen molar-refractivity contribution in [3.8, 4) is 0 Å². The lowest BCUT2D eigenvalue weighted by Gasteiger charge is -2.01. The van der Waals surface area contributed by atoms with Crippen molar-refractivity contribution in [2.24, 2.45) is 0 Å². The second kappa shape index (κ2) is 5.48. The SMILES string of the molecule is O=C(CC(=O)c1ccc(F)c(F)c1)c1cccnc1. The summed E-state index contributed by atoms with van der Waals surface area (Å²) in [5, 5.41) is 0. The Labute approximate surface area is 107 Å². The van der Waals surface area contributed by atoms with Gasteiger partial charge in [-0.15, -0.1) is 0 Å². The number of Topliss-reactive ketones (excluding diaryl/α,β-unsaturated/α-hetero) is 2. The van der Waals surface area contributed by atoms with Gasteiger partial charge in [-0.2, -0.15) is 0 Å². The Morgan fingerprint density at radius 3 is 2.37 bits per heavy atom. The van der Waals surface area contributed by atoms with Gasteiger partial charge in [-0.3, -0.25) is 14.6 Å². The third-order valence-corrected chi connectivity index (χ3v) is 2.55. The van der Waals surface area contributed by atoms with Crippen LogP contribution in [0.5, 0.6) is 0 Å². The minimum atomic E-state index is -1.11. The molecule has 0 fully saturated rings. The van der Waals surface area contributed by atoms with Crippen molar-refractivity contribution < 1.29 is 18.4 Å². The van der Waals surface area contributed by atoms with Gasteiger partial charge >= 0.3 is 0 Å². The maximum absolute atomic E-state index is 13.0. The topological polar surface area (TPSA) is 47.0 Å². The van der Waals surface area contributed by atoms with E-state index in [0.29, 0.717) is 5.56 Å². The molecular formula is C14H9F2NO2. The molecular weight excluding hydrogens is 252 g/mol. The summed E-state index contributed by atoms with van der Waals surface area (Å²) in [5.74, 6) is -3.12. The van der Waals surface area contributed by atoms with Gasteiger partial charge in [0.1, 0.15) is 0 Å². The maximum Gasteiger partial charge on any atom is 0.172 e. The summed E-state index contributed by atoms with van der Waals surface area (Å²) < 4.78 is 25.7. The average molecular weight is 261 g/mol. The molecule has 0 aliphatic carbocycles. The van der Waals surface area contributed by atoms with Gasteiger partial charge in [-0.25, -0.2) is 8.78 Å². The minimum Gasteiger partial charge on any atom is -0.294 e. The van der Waals surface area contributed by atoms with Crippen LogP contribution < -0.4 is 0 Å². The quantitative estimate of drug-likeness (QED) is 0.628. The number of ketones is 2. The standard InChI is InChI=1S/C14H9F2NO2/c15-11-4-3-9(6-12(11)16)13(18)7-14(19)10-2-1-5-17-8-10/h1-6,8H,7H2. The molecule has 0 N–H and O–H groups in total. The van der Waals surface area contributed by atoms with Gasteiger partial charge in [-0.1, -0.05) is 0 Å². The predicted molar refractivity (Wildman–Crippen MR) is 63.9 cm³/mol. The number of hydrogen-bond acceptors (Lipinski definition) is 3. The molecule has 3 nitrogen and oxygen atoms in total. The van der Waals surface area contributed by atoms with Crippen LogP contribution in [0.4, 0.5) is 8.78 Å². The third kappa shape index (κ3) is 3.07. The number of nitrogens with zero attached hydrogens (tertiary/aromatic N) is 1. The molecule has 0 aliphatic rings. The number of rotatable bonds is 4. The minimum absolute atomic E-state index is 0.0314. The zero-order valence-corrected chi connectivity index (χ0v) is 9.77. The molecule has 96 valence electrons. The van der Waals surface area contributed by atoms with Crippen molar-refractivity contribution in [2.45, 2.75) is 6.42 Å². The predicted octanol–water partition coefficient (Wildman–Crippen LogP) is 2.82. The summed E-state index contributed by atoms with van der Waals surface area (Å²) in [7, 11) is 0. The molecule has 0 radical (unpaired) electrons. The molecule has 1 aromatic carbocycles. The number of carbonyl (C=O) groups is 2. The third-order valence-electron chi connectivity index (χ3n) is 2.55. The summed E-state index contributed by atoms with van der Waals surface area (Å²) in [5.41, 5.74) is 0.273. The van der Waals surface area contributed by atoms with E-state index >= 15 is 0 Å². The van der Waals surface area contributed by atoms with E-state index in [9.17, 15) is 18.4 Å². The summed E-state index contributed by atoms with van der Waals surface area (Å²) in [6.07, 6.45) is 2.45. The van der Waals surface area contributed by atoms with Crippen LogP contribution in [0.15, 0.2) is 42.7 Å². The second-order valence-electron chi connectivity index (χ2n) is 3.89. The van der Waals surface area contributed by atoms with Crippen LogP contribution >= 0.6 is 0 Å². The Morgan fingerprint density at radius 1 is 1.00 bits per heavy atom. The van der Waals surface area contributed by atoms with Crippen molar-refractivity contribution in [1.29, 1.82) is 0 Å². The lowest BCUT2D eigenvalue weighted by atomic mass is 10.0. The molecule has 5 heteroatoms. The molecule has 0 saturated heterocycles. The van der Waals surface area contributed by atoms with Crippen molar-refractivity contribution >= 4 is 11.6 Å². The molecule has 0 spiro atoms. The fraction of sp³-hybridized carbons (Fsp3) is 0.0714. The first-order chi connectivity index (χ1) is 9.08. The fourth-order valence-corrected chi connectivity index (χ4v) is 1.55. The average Bonchev–Trinajstić information content (AvgIpc) is 2.42. The fourth-order valence-electron chi connectivity index (χ4n) is 1.55. The van der Waals surface area contributed by atoms with E-state index in [0.717, 1.165) is 18.2 Å². The molecule has 2 rings (SSSR count). The van der Waals surface area contributed by atoms with Gasteiger partial charge in [0.05, 0.1) is 6.42 Å². The Balaban J connectivity index is 2.13. The van der Waals surface area contributed by atoms with Crippen LogP contribution in [0.25, 0.3) is 0 Å². The van der Waals surface area contributed by atoms with Crippen LogP contribution in [0.3, 0.4) is 0 Å². The normalized spacial score (nSPS) is 10.2. The van der Waals surface area contributed by atoms with Crippen molar-refractivity contribution in [3.05, 3.63) is 65.5 Å². The van der Waals surface area contributed by atoms with Gasteiger partial charge in [0, 0.05) is 23.5 Å². The van der Waals surface area contributed by atoms with E-state index < -0.39 is 29.6 Å². The molecule has 0 bridgehead atoms. The van der Waals surface area contributed by atoms with E-state index in [-0.39, 0.29) is 5.56 Å². The molecule has 0 amide bonds. The molecule has 19 heavy (non-hydrogen) atoms. The Kier molecular flexibility index (Phi) is 3.75. The molecule has 0 unspecified atom stereocenters. The molecule has 1 heterocycles. The molecule has 0 atom stereocenters. The first-order valence-corrected chi connectivity index (χ1v) is 5.49. The summed E-state index contributed by atoms with van der Waals surface area (Å²) >= 11 is 0. The van der Waals surface area contributed by atoms with E-state index in [2.05, 4.69) is 4.98 Å². The zero-order chi connectivity index (χ0) is 13.8. The highest BCUT2D eigenvalue weighted by Gasteiger charge is 2.15.